The maximum atomic E-state index is 13.5. The number of hydrogen-bond acceptors (Lipinski definition) is 3. The number of carbonyl (C=O) groups is 1. The second-order valence-corrected chi connectivity index (χ2v) is 6.65. The van der Waals surface area contributed by atoms with Crippen LogP contribution in [0.5, 0.6) is 0 Å². The van der Waals surface area contributed by atoms with E-state index in [4.69, 9.17) is 0 Å². The molecule has 3 nitrogen and oxygen atoms in total. The maximum Gasteiger partial charge on any atom is 0.164 e. The quantitative estimate of drug-likeness (QED) is 0.797. The van der Waals surface area contributed by atoms with Gasteiger partial charge in [-0.3, -0.25) is 14.6 Å². The zero-order valence-electron chi connectivity index (χ0n) is 13.4. The maximum absolute atomic E-state index is 13.5. The molecule has 1 fully saturated rings. The van der Waals surface area contributed by atoms with Gasteiger partial charge in [0.2, 0.25) is 0 Å². The monoisotopic (exact) mass is 292 g/mol. The highest BCUT2D eigenvalue weighted by Crippen LogP contribution is 2.19. The van der Waals surface area contributed by atoms with Gasteiger partial charge in [0.05, 0.1) is 0 Å². The standard InChI is InChI=1S/C17H25FN2O/c1-13-5-6-14(11-15(13)18)16(21)7-8-20-10-9-19(4)17(2,3)12-20/h5-6,11H,7-10,12H2,1-4H3. The molecule has 21 heavy (non-hydrogen) atoms. The molecule has 0 atom stereocenters. The normalized spacial score (nSPS) is 19.7. The third-order valence-corrected chi connectivity index (χ3v) is 4.54. The van der Waals surface area contributed by atoms with Gasteiger partial charge < -0.3 is 0 Å². The largest absolute Gasteiger partial charge is 0.300 e. The average Bonchev–Trinajstić information content (AvgIpc) is 2.42. The molecule has 1 aromatic rings. The Morgan fingerprint density at radius 3 is 2.67 bits per heavy atom. The molecule has 0 aliphatic carbocycles. The highest BCUT2D eigenvalue weighted by atomic mass is 19.1. The van der Waals surface area contributed by atoms with Crippen molar-refractivity contribution in [2.45, 2.75) is 32.7 Å². The van der Waals surface area contributed by atoms with Gasteiger partial charge in [-0.05, 0) is 39.4 Å². The first kappa shape index (κ1) is 16.1. The molecule has 1 aromatic carbocycles. The van der Waals surface area contributed by atoms with Crippen LogP contribution in [0, 0.1) is 12.7 Å². The average molecular weight is 292 g/mol. The molecule has 0 saturated carbocycles. The van der Waals surface area contributed by atoms with Crippen LogP contribution >= 0.6 is 0 Å². The summed E-state index contributed by atoms with van der Waals surface area (Å²) in [6, 6.07) is 4.74. The molecule has 0 N–H and O–H groups in total. The van der Waals surface area contributed by atoms with Crippen LogP contribution in [0.4, 0.5) is 4.39 Å². The molecular weight excluding hydrogens is 267 g/mol. The first-order chi connectivity index (χ1) is 9.79. The number of likely N-dealkylation sites (N-methyl/N-ethyl adjacent to an activating group) is 1. The second kappa shape index (κ2) is 6.24. The molecule has 0 unspecified atom stereocenters. The van der Waals surface area contributed by atoms with Gasteiger partial charge in [-0.2, -0.15) is 0 Å². The highest BCUT2D eigenvalue weighted by molar-refractivity contribution is 5.96. The minimum Gasteiger partial charge on any atom is -0.300 e. The molecule has 1 heterocycles. The van der Waals surface area contributed by atoms with Crippen molar-refractivity contribution >= 4 is 5.78 Å². The van der Waals surface area contributed by atoms with E-state index < -0.39 is 0 Å². The summed E-state index contributed by atoms with van der Waals surface area (Å²) in [4.78, 5) is 16.8. The summed E-state index contributed by atoms with van der Waals surface area (Å²) >= 11 is 0. The molecule has 0 radical (unpaired) electrons. The van der Waals surface area contributed by atoms with Crippen LogP contribution in [-0.2, 0) is 0 Å². The van der Waals surface area contributed by atoms with Crippen LogP contribution < -0.4 is 0 Å². The molecule has 2 rings (SSSR count). The number of nitrogens with zero attached hydrogens (tertiary/aromatic N) is 2. The van der Waals surface area contributed by atoms with Crippen molar-refractivity contribution in [2.24, 2.45) is 0 Å². The molecule has 1 aliphatic heterocycles. The lowest BCUT2D eigenvalue weighted by molar-refractivity contribution is 0.0390. The number of hydrogen-bond donors (Lipinski definition) is 0. The Morgan fingerprint density at radius 1 is 1.33 bits per heavy atom. The number of benzene rings is 1. The summed E-state index contributed by atoms with van der Waals surface area (Å²) in [7, 11) is 2.14. The van der Waals surface area contributed by atoms with Crippen molar-refractivity contribution in [2.75, 3.05) is 33.2 Å². The summed E-state index contributed by atoms with van der Waals surface area (Å²) in [5.74, 6) is -0.285. The highest BCUT2D eigenvalue weighted by Gasteiger charge is 2.30. The fraction of sp³-hybridized carbons (Fsp3) is 0.588. The lowest BCUT2D eigenvalue weighted by atomic mass is 9.99. The van der Waals surface area contributed by atoms with Gasteiger partial charge >= 0.3 is 0 Å². The lowest BCUT2D eigenvalue weighted by Crippen LogP contribution is -2.57. The number of carbonyl (C=O) groups excluding carboxylic acids is 1. The minimum atomic E-state index is -0.304. The summed E-state index contributed by atoms with van der Waals surface area (Å²) in [6.07, 6.45) is 0.447. The van der Waals surface area contributed by atoms with E-state index >= 15 is 0 Å². The van der Waals surface area contributed by atoms with Crippen molar-refractivity contribution in [1.82, 2.24) is 9.80 Å². The number of Topliss-reactive ketones (excluding diaryl/α,β-unsaturated/α-hetero) is 1. The SMILES string of the molecule is Cc1ccc(C(=O)CCN2CCN(C)C(C)(C)C2)cc1F. The van der Waals surface area contributed by atoms with Crippen LogP contribution in [0.1, 0.15) is 36.2 Å². The Hall–Kier alpha value is -1.26. The summed E-state index contributed by atoms with van der Waals surface area (Å²) in [5.41, 5.74) is 1.19. The number of ketones is 1. The van der Waals surface area contributed by atoms with E-state index in [9.17, 15) is 9.18 Å². The van der Waals surface area contributed by atoms with Crippen LogP contribution in [0.25, 0.3) is 0 Å². The van der Waals surface area contributed by atoms with Crippen LogP contribution in [0.15, 0.2) is 18.2 Å². The number of halogens is 1. The molecule has 116 valence electrons. The smallest absolute Gasteiger partial charge is 0.164 e. The topological polar surface area (TPSA) is 23.6 Å². The molecule has 0 spiro atoms. The van der Waals surface area contributed by atoms with Gasteiger partial charge in [0, 0.05) is 43.7 Å². The van der Waals surface area contributed by atoms with Gasteiger partial charge in [0.1, 0.15) is 5.82 Å². The first-order valence-electron chi connectivity index (χ1n) is 7.52. The van der Waals surface area contributed by atoms with E-state index in [-0.39, 0.29) is 17.1 Å². The van der Waals surface area contributed by atoms with E-state index in [1.165, 1.54) is 6.07 Å². The number of aryl methyl sites for hydroxylation is 1. The molecule has 4 heteroatoms. The van der Waals surface area contributed by atoms with Crippen molar-refractivity contribution in [3.05, 3.63) is 35.1 Å². The Bertz CT molecular complexity index is 528. The molecule has 0 aromatic heterocycles. The van der Waals surface area contributed by atoms with Gasteiger partial charge in [-0.25, -0.2) is 4.39 Å². The Labute approximate surface area is 126 Å². The van der Waals surface area contributed by atoms with Gasteiger partial charge in [-0.15, -0.1) is 0 Å². The third-order valence-electron chi connectivity index (χ3n) is 4.54. The fourth-order valence-corrected chi connectivity index (χ4v) is 2.70. The molecular formula is C17H25FN2O. The Balaban J connectivity index is 1.91. The van der Waals surface area contributed by atoms with E-state index in [1.54, 1.807) is 19.1 Å². The summed E-state index contributed by atoms with van der Waals surface area (Å²) < 4.78 is 13.5. The Morgan fingerprint density at radius 2 is 2.05 bits per heavy atom. The summed E-state index contributed by atoms with van der Waals surface area (Å²) in [6.45, 7) is 9.84. The van der Waals surface area contributed by atoms with Gasteiger partial charge in [0.25, 0.3) is 0 Å². The number of rotatable bonds is 4. The molecule has 0 bridgehead atoms. The predicted molar refractivity (Wildman–Crippen MR) is 83.2 cm³/mol. The van der Waals surface area contributed by atoms with Crippen molar-refractivity contribution < 1.29 is 9.18 Å². The fourth-order valence-electron chi connectivity index (χ4n) is 2.70. The third kappa shape index (κ3) is 3.89. The van der Waals surface area contributed by atoms with Gasteiger partial charge in [-0.1, -0.05) is 12.1 Å². The van der Waals surface area contributed by atoms with E-state index in [0.717, 1.165) is 26.2 Å². The summed E-state index contributed by atoms with van der Waals surface area (Å²) in [5, 5.41) is 0. The zero-order chi connectivity index (χ0) is 15.6. The van der Waals surface area contributed by atoms with Crippen LogP contribution in [0.3, 0.4) is 0 Å². The number of piperazine rings is 1. The van der Waals surface area contributed by atoms with E-state index in [0.29, 0.717) is 17.5 Å². The second-order valence-electron chi connectivity index (χ2n) is 6.65. The Kier molecular flexibility index (Phi) is 4.79. The molecule has 1 aliphatic rings. The zero-order valence-corrected chi connectivity index (χ0v) is 13.4. The van der Waals surface area contributed by atoms with Crippen LogP contribution in [-0.4, -0.2) is 54.3 Å². The molecule has 1 saturated heterocycles. The van der Waals surface area contributed by atoms with E-state index in [1.807, 2.05) is 0 Å². The van der Waals surface area contributed by atoms with Crippen LogP contribution in [0.2, 0.25) is 0 Å². The van der Waals surface area contributed by atoms with Crippen molar-refractivity contribution in [3.63, 3.8) is 0 Å². The van der Waals surface area contributed by atoms with Crippen molar-refractivity contribution in [1.29, 1.82) is 0 Å². The van der Waals surface area contributed by atoms with Gasteiger partial charge in [0.15, 0.2) is 5.78 Å². The predicted octanol–water partition coefficient (Wildman–Crippen LogP) is 2.73. The molecule has 0 amide bonds. The van der Waals surface area contributed by atoms with Crippen molar-refractivity contribution in [3.8, 4) is 0 Å². The van der Waals surface area contributed by atoms with E-state index in [2.05, 4.69) is 30.7 Å². The minimum absolute atomic E-state index is 0.0191. The lowest BCUT2D eigenvalue weighted by Gasteiger charge is -2.45. The first-order valence-corrected chi connectivity index (χ1v) is 7.52.